The van der Waals surface area contributed by atoms with Crippen molar-refractivity contribution in [3.05, 3.63) is 35.9 Å². The van der Waals surface area contributed by atoms with Crippen LogP contribution in [0.25, 0.3) is 0 Å². The molecule has 1 heterocycles. The van der Waals surface area contributed by atoms with Crippen LogP contribution >= 0.6 is 24.0 Å². The average molecular weight is 508 g/mol. The second kappa shape index (κ2) is 11.9. The number of benzene rings is 1. The predicted octanol–water partition coefficient (Wildman–Crippen LogP) is 2.26. The molecular weight excluding hydrogens is 475 g/mol. The molecule has 0 aromatic heterocycles. The highest BCUT2D eigenvalue weighted by Gasteiger charge is 2.25. The molecule has 2 atom stereocenters. The Morgan fingerprint density at radius 1 is 1.30 bits per heavy atom. The maximum absolute atomic E-state index is 11.2. The number of sulfone groups is 1. The molecule has 1 aromatic carbocycles. The van der Waals surface area contributed by atoms with Gasteiger partial charge in [-0.05, 0) is 31.7 Å². The van der Waals surface area contributed by atoms with Crippen molar-refractivity contribution >= 4 is 39.8 Å². The van der Waals surface area contributed by atoms with Gasteiger partial charge in [0.25, 0.3) is 0 Å². The van der Waals surface area contributed by atoms with Crippen molar-refractivity contribution in [3.8, 4) is 0 Å². The van der Waals surface area contributed by atoms with Gasteiger partial charge in [0.2, 0.25) is 0 Å². The van der Waals surface area contributed by atoms with Crippen LogP contribution in [0.4, 0.5) is 0 Å². The smallest absolute Gasteiger partial charge is 0.191 e. The number of likely N-dealkylation sites (tertiary alicyclic amines) is 1. The van der Waals surface area contributed by atoms with E-state index >= 15 is 0 Å². The third kappa shape index (κ3) is 9.25. The Bertz CT molecular complexity index is 682. The second-order valence-corrected chi connectivity index (χ2v) is 9.41. The van der Waals surface area contributed by atoms with Crippen molar-refractivity contribution in [1.82, 2.24) is 15.5 Å². The number of hydrogen-bond acceptors (Lipinski definition) is 4. The third-order valence-electron chi connectivity index (χ3n) is 4.79. The van der Waals surface area contributed by atoms with Gasteiger partial charge >= 0.3 is 0 Å². The van der Waals surface area contributed by atoms with Crippen LogP contribution in [0.3, 0.4) is 0 Å². The molecule has 0 aliphatic carbocycles. The van der Waals surface area contributed by atoms with E-state index in [0.29, 0.717) is 25.0 Å². The van der Waals surface area contributed by atoms with Crippen LogP contribution < -0.4 is 10.6 Å². The zero-order valence-electron chi connectivity index (χ0n) is 16.5. The Labute approximate surface area is 181 Å². The van der Waals surface area contributed by atoms with Crippen molar-refractivity contribution in [2.75, 3.05) is 32.1 Å². The topological polar surface area (TPSA) is 73.8 Å². The fraction of sp³-hybridized carbons (Fsp3) is 0.632. The van der Waals surface area contributed by atoms with Crippen LogP contribution in [0.2, 0.25) is 0 Å². The highest BCUT2D eigenvalue weighted by Crippen LogP contribution is 2.19. The molecular formula is C19H33IN4O2S. The normalized spacial score (nSPS) is 21.4. The van der Waals surface area contributed by atoms with Gasteiger partial charge < -0.3 is 10.6 Å². The fourth-order valence-electron chi connectivity index (χ4n) is 3.33. The minimum atomic E-state index is -2.90. The zero-order chi connectivity index (χ0) is 19.0. The predicted molar refractivity (Wildman–Crippen MR) is 124 cm³/mol. The number of guanidine groups is 1. The molecule has 1 saturated heterocycles. The Morgan fingerprint density at radius 3 is 2.59 bits per heavy atom. The van der Waals surface area contributed by atoms with E-state index in [2.05, 4.69) is 57.8 Å². The lowest BCUT2D eigenvalue weighted by Gasteiger charge is -2.38. The number of aliphatic imine (C=N–C) groups is 1. The Kier molecular flexibility index (Phi) is 10.6. The summed E-state index contributed by atoms with van der Waals surface area (Å²) in [6.45, 7) is 4.93. The monoisotopic (exact) mass is 508 g/mol. The van der Waals surface area contributed by atoms with Crippen LogP contribution in [0.1, 0.15) is 31.7 Å². The summed E-state index contributed by atoms with van der Waals surface area (Å²) in [5.41, 5.74) is 1.36. The molecule has 1 aliphatic rings. The Hall–Kier alpha value is -0.870. The number of piperidine rings is 1. The lowest BCUT2D eigenvalue weighted by atomic mass is 9.97. The van der Waals surface area contributed by atoms with Crippen molar-refractivity contribution in [3.63, 3.8) is 0 Å². The van der Waals surface area contributed by atoms with Crippen LogP contribution in [-0.4, -0.2) is 63.5 Å². The minimum Gasteiger partial charge on any atom is -0.356 e. The van der Waals surface area contributed by atoms with Crippen molar-refractivity contribution < 1.29 is 8.42 Å². The molecule has 0 radical (unpaired) electrons. The van der Waals surface area contributed by atoms with Crippen molar-refractivity contribution in [1.29, 1.82) is 0 Å². The number of nitrogens with zero attached hydrogens (tertiary/aromatic N) is 2. The first kappa shape index (κ1) is 24.2. The number of nitrogens with one attached hydrogen (secondary N) is 2. The maximum atomic E-state index is 11.2. The summed E-state index contributed by atoms with van der Waals surface area (Å²) in [4.78, 5) is 6.78. The highest BCUT2D eigenvalue weighted by atomic mass is 127. The van der Waals surface area contributed by atoms with E-state index in [0.717, 1.165) is 31.9 Å². The minimum absolute atomic E-state index is 0. The molecule has 6 nitrogen and oxygen atoms in total. The van der Waals surface area contributed by atoms with E-state index < -0.39 is 9.84 Å². The summed E-state index contributed by atoms with van der Waals surface area (Å²) in [5, 5.41) is 6.70. The summed E-state index contributed by atoms with van der Waals surface area (Å²) in [5.74, 6) is 0.957. The molecule has 1 aromatic rings. The average Bonchev–Trinajstić information content (AvgIpc) is 2.60. The van der Waals surface area contributed by atoms with Crippen LogP contribution in [0.5, 0.6) is 0 Å². The SMILES string of the molecule is CN=C(NCCCS(C)(=O)=O)NC1CCN(Cc2ccccc2)C(C)C1.I. The molecule has 1 fully saturated rings. The molecule has 27 heavy (non-hydrogen) atoms. The Balaban J connectivity index is 0.00000364. The second-order valence-electron chi connectivity index (χ2n) is 7.15. The lowest BCUT2D eigenvalue weighted by molar-refractivity contribution is 0.134. The summed E-state index contributed by atoms with van der Waals surface area (Å²) in [6.07, 6.45) is 3.99. The standard InChI is InChI=1S/C19H32N4O2S.HI/c1-16-14-18(10-12-23(16)15-17-8-5-4-6-9-17)22-19(20-2)21-11-7-13-26(3,24)25;/h4-6,8-9,16,18H,7,10-15H2,1-3H3,(H2,20,21,22);1H. The van der Waals surface area contributed by atoms with E-state index in [-0.39, 0.29) is 29.7 Å². The van der Waals surface area contributed by atoms with Gasteiger partial charge in [0.05, 0.1) is 5.75 Å². The molecule has 0 amide bonds. The summed E-state index contributed by atoms with van der Waals surface area (Å²) in [6, 6.07) is 11.5. The van der Waals surface area contributed by atoms with Gasteiger partial charge in [-0.1, -0.05) is 30.3 Å². The molecule has 2 N–H and O–H groups in total. The number of hydrogen-bond donors (Lipinski definition) is 2. The van der Waals surface area contributed by atoms with E-state index in [4.69, 9.17) is 0 Å². The van der Waals surface area contributed by atoms with Crippen LogP contribution in [0, 0.1) is 0 Å². The molecule has 154 valence electrons. The largest absolute Gasteiger partial charge is 0.356 e. The number of halogens is 1. The summed E-state index contributed by atoms with van der Waals surface area (Å²) in [7, 11) is -1.15. The van der Waals surface area contributed by atoms with E-state index in [1.54, 1.807) is 7.05 Å². The van der Waals surface area contributed by atoms with Gasteiger partial charge in [-0.3, -0.25) is 9.89 Å². The Morgan fingerprint density at radius 2 is 2.00 bits per heavy atom. The van der Waals surface area contributed by atoms with Crippen LogP contribution in [-0.2, 0) is 16.4 Å². The first-order valence-electron chi connectivity index (χ1n) is 9.30. The lowest BCUT2D eigenvalue weighted by Crippen LogP contribution is -2.51. The molecule has 2 unspecified atom stereocenters. The summed E-state index contributed by atoms with van der Waals surface area (Å²) >= 11 is 0. The van der Waals surface area contributed by atoms with Gasteiger partial charge in [0, 0.05) is 45.0 Å². The van der Waals surface area contributed by atoms with Gasteiger partial charge in [0.1, 0.15) is 9.84 Å². The molecule has 0 spiro atoms. The molecule has 1 aliphatic heterocycles. The van der Waals surface area contributed by atoms with Gasteiger partial charge in [-0.25, -0.2) is 8.42 Å². The molecule has 0 saturated carbocycles. The van der Waals surface area contributed by atoms with Crippen molar-refractivity contribution in [2.45, 2.75) is 44.8 Å². The molecule has 2 rings (SSSR count). The van der Waals surface area contributed by atoms with Gasteiger partial charge in [-0.15, -0.1) is 24.0 Å². The quantitative estimate of drug-likeness (QED) is 0.256. The highest BCUT2D eigenvalue weighted by molar-refractivity contribution is 14.0. The molecule has 8 heteroatoms. The maximum Gasteiger partial charge on any atom is 0.191 e. The van der Waals surface area contributed by atoms with Gasteiger partial charge in [-0.2, -0.15) is 0 Å². The van der Waals surface area contributed by atoms with Crippen molar-refractivity contribution in [2.24, 2.45) is 4.99 Å². The number of rotatable bonds is 7. The zero-order valence-corrected chi connectivity index (χ0v) is 19.7. The first-order valence-corrected chi connectivity index (χ1v) is 11.4. The fourth-order valence-corrected chi connectivity index (χ4v) is 4.00. The van der Waals surface area contributed by atoms with E-state index in [1.807, 2.05) is 0 Å². The third-order valence-corrected chi connectivity index (χ3v) is 5.82. The van der Waals surface area contributed by atoms with E-state index in [1.165, 1.54) is 11.8 Å². The summed E-state index contributed by atoms with van der Waals surface area (Å²) < 4.78 is 22.4. The van der Waals surface area contributed by atoms with Crippen LogP contribution in [0.15, 0.2) is 35.3 Å². The van der Waals surface area contributed by atoms with E-state index in [9.17, 15) is 8.42 Å². The van der Waals surface area contributed by atoms with Gasteiger partial charge in [0.15, 0.2) is 5.96 Å². The molecule has 0 bridgehead atoms. The first-order chi connectivity index (χ1) is 12.4.